The van der Waals surface area contributed by atoms with Gasteiger partial charge in [0, 0.05) is 71.7 Å². The molecule has 26 nitrogen and oxygen atoms in total. The summed E-state index contributed by atoms with van der Waals surface area (Å²) in [6.45, 7) is 9.89. The lowest BCUT2D eigenvalue weighted by atomic mass is 10.1. The highest BCUT2D eigenvalue weighted by Gasteiger charge is 2.17. The molecule has 0 aliphatic heterocycles. The molecule has 0 unspecified atom stereocenters. The number of anilines is 4. The van der Waals surface area contributed by atoms with Crippen molar-refractivity contribution in [1.82, 2.24) is 30.6 Å². The highest BCUT2D eigenvalue weighted by Crippen LogP contribution is 2.36. The molecule has 12 aromatic rings. The van der Waals surface area contributed by atoms with E-state index in [0.717, 1.165) is 69.7 Å². The third kappa shape index (κ3) is 36.5. The minimum atomic E-state index is -4.02. The highest BCUT2D eigenvalue weighted by atomic mass is 35.5. The number of fused-ring (bicyclic) bond motifs is 2. The van der Waals surface area contributed by atoms with Crippen LogP contribution in [-0.4, -0.2) is 122 Å². The van der Waals surface area contributed by atoms with E-state index in [1.807, 2.05) is 86.6 Å². The first-order valence-electron chi connectivity index (χ1n) is 38.9. The number of hydrogen-bond acceptors (Lipinski definition) is 22. The first-order chi connectivity index (χ1) is 58.0. The predicted octanol–water partition coefficient (Wildman–Crippen LogP) is 19.6. The molecule has 122 heavy (non-hydrogen) atoms. The molecular weight excluding hydrogens is 1690 g/mol. The molecule has 4 aromatic heterocycles. The van der Waals surface area contributed by atoms with Crippen LogP contribution in [0, 0.1) is 25.5 Å². The second-order valence-corrected chi connectivity index (χ2v) is 36.3. The molecule has 0 fully saturated rings. The average molecular weight is 1790 g/mol. The smallest absolute Gasteiger partial charge is 0.303 e. The van der Waals surface area contributed by atoms with Gasteiger partial charge < -0.3 is 49.8 Å². The summed E-state index contributed by atoms with van der Waals surface area (Å²) in [7, 11) is -14.1. The van der Waals surface area contributed by atoms with Crippen molar-refractivity contribution in [3.8, 4) is 34.1 Å². The number of nitrogens with zero attached hydrogens (tertiary/aromatic N) is 4. The molecule has 4 heterocycles. The third-order valence-electron chi connectivity index (χ3n) is 17.6. The van der Waals surface area contributed by atoms with Crippen LogP contribution in [0.15, 0.2) is 225 Å². The number of benzene rings is 8. The van der Waals surface area contributed by atoms with E-state index in [2.05, 4.69) is 55.1 Å². The van der Waals surface area contributed by atoms with E-state index in [9.17, 15) is 52.0 Å². The fourth-order valence-electron chi connectivity index (χ4n) is 11.2. The van der Waals surface area contributed by atoms with Crippen molar-refractivity contribution in [2.75, 3.05) is 47.7 Å². The van der Waals surface area contributed by atoms with Crippen LogP contribution in [0.3, 0.4) is 0 Å². The summed E-state index contributed by atoms with van der Waals surface area (Å²) in [5.41, 5.74) is 7.89. The molecule has 0 bridgehead atoms. The number of halogens is 4. The van der Waals surface area contributed by atoms with Gasteiger partial charge in [-0.05, 0) is 183 Å². The standard InChI is InChI=1S/2C29H26ClFN4O4S.2C8H16O2.2C7H8O3S/c2*1-40(36,37)12-11-32-16-23-7-10-27(39-23)20-5-8-26-24(14-20)29(34-18-33-26)35-22-6-9-28(25(30)15-22)38-17-19-3-2-4-21(31)13-19;2*1-2-3-4-5-6-7-8(9)10;2*1-6-2-4-7(5-3-6)11(8,9)10/h2*2-10,13-15,18,32H,11-12,16-17H2,1H3,(H,33,34,35);2*2-7H2,1H3,(H,9,10);2*2-5H,1H3,(H,8,9,10). The van der Waals surface area contributed by atoms with E-state index in [1.165, 1.54) is 112 Å². The maximum atomic E-state index is 13.4. The summed E-state index contributed by atoms with van der Waals surface area (Å²) >= 11 is 12.9. The van der Waals surface area contributed by atoms with Crippen LogP contribution in [0.1, 0.15) is 125 Å². The Morgan fingerprint density at radius 1 is 0.451 bits per heavy atom. The van der Waals surface area contributed by atoms with Crippen molar-refractivity contribution in [2.24, 2.45) is 0 Å². The number of carboxylic acids is 2. The number of ether oxygens (including phenoxy) is 2. The second-order valence-electron chi connectivity index (χ2n) is 28.1. The summed E-state index contributed by atoms with van der Waals surface area (Å²) < 4.78 is 155. The quantitative estimate of drug-likeness (QED) is 0.0134. The SMILES string of the molecule is CCCCCCCC(=O)O.CCCCCCCC(=O)O.CS(=O)(=O)CCNCc1ccc(-c2ccc3ncnc(Nc4ccc(OCc5cccc(F)c5)c(Cl)c4)c3c2)o1.CS(=O)(=O)CCNCc1ccc(-c2ccc3ncnc(Nc4ccc(OCc5cccc(F)c5)c(Cl)c4)c3c2)o1.Cc1ccc(S(=O)(=O)O)cc1.Cc1ccc(S(=O)(=O)O)cc1. The summed E-state index contributed by atoms with van der Waals surface area (Å²) in [6, 6.07) is 53.9. The fraction of sp³-hybridized carbons (Fsp3) is 0.295. The van der Waals surface area contributed by atoms with Crippen molar-refractivity contribution < 1.29 is 89.7 Å². The van der Waals surface area contributed by atoms with Gasteiger partial charge in [0.2, 0.25) is 0 Å². The number of carboxylic acid groups (broad SMARTS) is 2. The Morgan fingerprint density at radius 2 is 0.828 bits per heavy atom. The van der Waals surface area contributed by atoms with Gasteiger partial charge >= 0.3 is 11.9 Å². The Bertz CT molecular complexity index is 5500. The summed E-state index contributed by atoms with van der Waals surface area (Å²) in [4.78, 5) is 37.5. The minimum absolute atomic E-state index is 0.0664. The van der Waals surface area contributed by atoms with Crippen molar-refractivity contribution >= 4 is 120 Å². The van der Waals surface area contributed by atoms with E-state index in [-0.39, 0.29) is 46.1 Å². The lowest BCUT2D eigenvalue weighted by molar-refractivity contribution is -0.138. The van der Waals surface area contributed by atoms with Crippen LogP contribution >= 0.6 is 23.2 Å². The van der Waals surface area contributed by atoms with Crippen LogP contribution in [0.25, 0.3) is 44.5 Å². The van der Waals surface area contributed by atoms with E-state index >= 15 is 0 Å². The van der Waals surface area contributed by atoms with E-state index in [1.54, 1.807) is 72.8 Å². The Hall–Kier alpha value is -10.8. The number of nitrogens with one attached hydrogen (secondary N) is 4. The van der Waals surface area contributed by atoms with Crippen LogP contribution in [0.4, 0.5) is 31.8 Å². The van der Waals surface area contributed by atoms with Gasteiger partial charge in [0.1, 0.15) is 103 Å². The number of sulfone groups is 2. The number of aliphatic carboxylic acids is 2. The van der Waals surface area contributed by atoms with E-state index < -0.39 is 51.8 Å². The zero-order valence-corrected chi connectivity index (χ0v) is 73.0. The van der Waals surface area contributed by atoms with Gasteiger partial charge in [-0.2, -0.15) is 16.8 Å². The average Bonchev–Trinajstić information content (AvgIpc) is 1.25. The Balaban J connectivity index is 0.000000229. The number of aryl methyl sites for hydroxylation is 2. The Kier molecular flexibility index (Phi) is 39.8. The molecule has 0 saturated heterocycles. The molecule has 0 amide bonds. The zero-order valence-electron chi connectivity index (χ0n) is 68.2. The Labute approximate surface area is 720 Å². The highest BCUT2D eigenvalue weighted by molar-refractivity contribution is 7.91. The summed E-state index contributed by atoms with van der Waals surface area (Å²) in [5.74, 6) is 3.01. The summed E-state index contributed by atoms with van der Waals surface area (Å²) in [5, 5.41) is 31.7. The molecule has 12 rings (SSSR count). The normalized spacial score (nSPS) is 11.2. The zero-order chi connectivity index (χ0) is 88.8. The fourth-order valence-corrected chi connectivity index (χ4v) is 13.7. The van der Waals surface area contributed by atoms with Gasteiger partial charge in [-0.3, -0.25) is 18.7 Å². The van der Waals surface area contributed by atoms with Crippen LogP contribution in [0.2, 0.25) is 10.0 Å². The van der Waals surface area contributed by atoms with E-state index in [4.69, 9.17) is 60.8 Å². The van der Waals surface area contributed by atoms with Gasteiger partial charge in [-0.1, -0.05) is 148 Å². The second kappa shape index (κ2) is 49.4. The monoisotopic (exact) mass is 1790 g/mol. The maximum Gasteiger partial charge on any atom is 0.303 e. The number of rotatable bonds is 36. The molecule has 652 valence electrons. The number of hydrogen-bond donors (Lipinski definition) is 8. The van der Waals surface area contributed by atoms with Gasteiger partial charge in [-0.25, -0.2) is 45.6 Å². The number of furan rings is 2. The van der Waals surface area contributed by atoms with Crippen molar-refractivity contribution in [3.05, 3.63) is 262 Å². The molecule has 0 aliphatic carbocycles. The molecule has 8 N–H and O–H groups in total. The maximum absolute atomic E-state index is 13.4. The van der Waals surface area contributed by atoms with Crippen LogP contribution < -0.4 is 30.7 Å². The lowest BCUT2D eigenvalue weighted by Gasteiger charge is -2.12. The Morgan fingerprint density at radius 3 is 1.16 bits per heavy atom. The lowest BCUT2D eigenvalue weighted by Crippen LogP contribution is -2.21. The first-order valence-corrected chi connectivity index (χ1v) is 46.6. The first kappa shape index (κ1) is 98.3. The molecule has 0 spiro atoms. The van der Waals surface area contributed by atoms with Crippen LogP contribution in [0.5, 0.6) is 11.5 Å². The molecule has 8 aromatic carbocycles. The number of carbonyl (C=O) groups is 2. The van der Waals surface area contributed by atoms with Gasteiger partial charge in [0.25, 0.3) is 20.2 Å². The van der Waals surface area contributed by atoms with Crippen molar-refractivity contribution in [3.63, 3.8) is 0 Å². The molecule has 0 saturated carbocycles. The third-order valence-corrected chi connectivity index (χ3v) is 21.9. The van der Waals surface area contributed by atoms with Gasteiger partial charge in [0.05, 0.1) is 55.5 Å². The van der Waals surface area contributed by atoms with Crippen molar-refractivity contribution in [2.45, 2.75) is 141 Å². The molecule has 0 aliphatic rings. The summed E-state index contributed by atoms with van der Waals surface area (Å²) in [6.07, 6.45) is 17.2. The largest absolute Gasteiger partial charge is 0.487 e. The number of aromatic nitrogens is 4. The van der Waals surface area contributed by atoms with Gasteiger partial charge in [0.15, 0.2) is 0 Å². The topological polar surface area (TPSA) is 396 Å². The minimum Gasteiger partial charge on any atom is -0.487 e. The predicted molar refractivity (Wildman–Crippen MR) is 472 cm³/mol. The molecule has 34 heteroatoms. The number of unbranched alkanes of at least 4 members (excludes halogenated alkanes) is 8. The van der Waals surface area contributed by atoms with Crippen molar-refractivity contribution in [1.29, 1.82) is 0 Å². The molecule has 0 atom stereocenters. The van der Waals surface area contributed by atoms with Gasteiger partial charge in [-0.15, -0.1) is 0 Å². The molecule has 0 radical (unpaired) electrons. The molecular formula is C88H100Cl2F2N8O18S4. The van der Waals surface area contributed by atoms with Crippen LogP contribution in [-0.2, 0) is 75.8 Å². The van der Waals surface area contributed by atoms with E-state index in [0.29, 0.717) is 118 Å².